The first-order chi connectivity index (χ1) is 9.94. The van der Waals surface area contributed by atoms with Crippen LogP contribution in [-0.4, -0.2) is 69.9 Å². The molecule has 0 aromatic heterocycles. The zero-order valence-corrected chi connectivity index (χ0v) is 11.9. The van der Waals surface area contributed by atoms with E-state index in [1.54, 1.807) is 0 Å². The number of nitrogens with one attached hydrogen (secondary N) is 1. The van der Waals surface area contributed by atoms with Crippen LogP contribution < -0.4 is 5.32 Å². The fourth-order valence-corrected chi connectivity index (χ4v) is 2.61. The van der Waals surface area contributed by atoms with Crippen molar-refractivity contribution in [1.82, 2.24) is 5.32 Å². The van der Waals surface area contributed by atoms with Crippen LogP contribution in [0.1, 0.15) is 26.2 Å². The molecule has 5 N–H and O–H groups in total. The summed E-state index contributed by atoms with van der Waals surface area (Å²) in [4.78, 5) is 22.1. The molecule has 0 aromatic carbocycles. The molecule has 0 bridgehead atoms. The van der Waals surface area contributed by atoms with Gasteiger partial charge in [0.2, 0.25) is 5.91 Å². The first-order valence-electron chi connectivity index (χ1n) is 7.00. The Kier molecular flexibility index (Phi) is 7.03. The van der Waals surface area contributed by atoms with Crippen molar-refractivity contribution in [3.8, 4) is 0 Å². The molecule has 1 rings (SSSR count). The van der Waals surface area contributed by atoms with E-state index in [2.05, 4.69) is 5.32 Å². The molecule has 21 heavy (non-hydrogen) atoms. The van der Waals surface area contributed by atoms with Crippen molar-refractivity contribution in [1.29, 1.82) is 0 Å². The topological polar surface area (TPSA) is 136 Å². The molecule has 8 heteroatoms. The Labute approximate surface area is 122 Å². The lowest BCUT2D eigenvalue weighted by atomic mass is 9.83. The van der Waals surface area contributed by atoms with Gasteiger partial charge in [-0.05, 0) is 6.42 Å². The number of rotatable bonds is 7. The second-order valence-corrected chi connectivity index (χ2v) is 5.13. The number of aliphatic carboxylic acids is 1. The maximum Gasteiger partial charge on any atom is 0.303 e. The number of aliphatic hydroxyl groups is 3. The molecule has 0 radical (unpaired) electrons. The van der Waals surface area contributed by atoms with Gasteiger partial charge in [-0.1, -0.05) is 6.92 Å². The number of amides is 1. The minimum absolute atomic E-state index is 0.211. The molecule has 0 unspecified atom stereocenters. The van der Waals surface area contributed by atoms with Gasteiger partial charge in [0.15, 0.2) is 0 Å². The summed E-state index contributed by atoms with van der Waals surface area (Å²) in [5.74, 6) is -1.99. The molecule has 1 heterocycles. The summed E-state index contributed by atoms with van der Waals surface area (Å²) >= 11 is 0. The highest BCUT2D eigenvalue weighted by molar-refractivity contribution is 5.80. The van der Waals surface area contributed by atoms with E-state index < -0.39 is 42.8 Å². The Morgan fingerprint density at radius 3 is 2.24 bits per heavy atom. The molecule has 1 aliphatic rings. The molecule has 1 saturated heterocycles. The van der Waals surface area contributed by atoms with Crippen LogP contribution in [0.3, 0.4) is 0 Å². The number of hydrogen-bond acceptors (Lipinski definition) is 6. The van der Waals surface area contributed by atoms with Gasteiger partial charge in [-0.2, -0.15) is 0 Å². The van der Waals surface area contributed by atoms with Crippen LogP contribution in [-0.2, 0) is 14.3 Å². The van der Waals surface area contributed by atoms with Crippen LogP contribution in [0.25, 0.3) is 0 Å². The third-order valence-electron chi connectivity index (χ3n) is 3.76. The molecular formula is C13H23NO7. The Morgan fingerprint density at radius 1 is 1.14 bits per heavy atom. The molecule has 8 nitrogen and oxygen atoms in total. The number of carboxylic acid groups (broad SMARTS) is 1. The number of ether oxygens (including phenoxy) is 1. The monoisotopic (exact) mass is 305 g/mol. The number of carboxylic acids is 1. The molecule has 1 amide bonds. The van der Waals surface area contributed by atoms with E-state index in [0.29, 0.717) is 6.42 Å². The van der Waals surface area contributed by atoms with Crippen LogP contribution >= 0.6 is 0 Å². The quantitative estimate of drug-likeness (QED) is 0.385. The molecule has 122 valence electrons. The maximum absolute atomic E-state index is 11.7. The normalized spacial score (nSPS) is 32.7. The zero-order chi connectivity index (χ0) is 16.0. The van der Waals surface area contributed by atoms with E-state index in [-0.39, 0.29) is 25.4 Å². The Morgan fingerprint density at radius 2 is 1.76 bits per heavy atom. The van der Waals surface area contributed by atoms with Crippen LogP contribution in [0.5, 0.6) is 0 Å². The summed E-state index contributed by atoms with van der Waals surface area (Å²) in [7, 11) is 0. The lowest BCUT2D eigenvalue weighted by Crippen LogP contribution is -2.62. The lowest BCUT2D eigenvalue weighted by Gasteiger charge is -2.44. The van der Waals surface area contributed by atoms with Crippen LogP contribution in [0, 0.1) is 5.92 Å². The summed E-state index contributed by atoms with van der Waals surface area (Å²) in [5, 5.41) is 40.0. The fraction of sp³-hybridized carbons (Fsp3) is 0.846. The first kappa shape index (κ1) is 17.8. The SMILES string of the molecule is CC[C@H]1[C@H](O)[C@@H](NC(=O)CCC(=O)O)[C@H](CO)O[C@@H]1CO. The van der Waals surface area contributed by atoms with Gasteiger partial charge in [-0.3, -0.25) is 9.59 Å². The number of aliphatic hydroxyl groups excluding tert-OH is 3. The van der Waals surface area contributed by atoms with Crippen molar-refractivity contribution in [3.05, 3.63) is 0 Å². The standard InChI is InChI=1S/C13H23NO7/c1-2-7-8(5-15)21-9(6-16)12(13(7)20)14-10(17)3-4-11(18)19/h7-9,12-13,15-16,20H,2-6H2,1H3,(H,14,17)(H,18,19)/t7-,8-,9+,12+,13+/m1/s1. The highest BCUT2D eigenvalue weighted by Crippen LogP contribution is 2.28. The summed E-state index contributed by atoms with van der Waals surface area (Å²) in [6, 6.07) is -0.830. The fourth-order valence-electron chi connectivity index (χ4n) is 2.61. The van der Waals surface area contributed by atoms with E-state index >= 15 is 0 Å². The second kappa shape index (κ2) is 8.28. The summed E-state index contributed by atoms with van der Waals surface area (Å²) in [5.41, 5.74) is 0. The Balaban J connectivity index is 2.72. The molecule has 0 saturated carbocycles. The number of carbonyl (C=O) groups is 2. The van der Waals surface area contributed by atoms with E-state index in [4.69, 9.17) is 9.84 Å². The highest BCUT2D eigenvalue weighted by Gasteiger charge is 2.44. The highest BCUT2D eigenvalue weighted by atomic mass is 16.5. The first-order valence-corrected chi connectivity index (χ1v) is 7.00. The van der Waals surface area contributed by atoms with Crippen LogP contribution in [0.4, 0.5) is 0 Å². The van der Waals surface area contributed by atoms with Gasteiger partial charge in [0.25, 0.3) is 0 Å². The minimum atomic E-state index is -1.09. The van der Waals surface area contributed by atoms with Gasteiger partial charge in [-0.25, -0.2) is 0 Å². The summed E-state index contributed by atoms with van der Waals surface area (Å²) in [6.07, 6.45) is -2.41. The molecule has 1 aliphatic heterocycles. The van der Waals surface area contributed by atoms with Gasteiger partial charge in [0.1, 0.15) is 6.10 Å². The second-order valence-electron chi connectivity index (χ2n) is 5.13. The van der Waals surface area contributed by atoms with Crippen molar-refractivity contribution in [2.24, 2.45) is 5.92 Å². The molecule has 5 atom stereocenters. The van der Waals surface area contributed by atoms with Gasteiger partial charge in [0, 0.05) is 12.3 Å². The van der Waals surface area contributed by atoms with Gasteiger partial charge in [-0.15, -0.1) is 0 Å². The van der Waals surface area contributed by atoms with Crippen molar-refractivity contribution in [2.45, 2.75) is 50.5 Å². The van der Waals surface area contributed by atoms with E-state index in [9.17, 15) is 24.9 Å². The number of carbonyl (C=O) groups excluding carboxylic acids is 1. The van der Waals surface area contributed by atoms with Crippen molar-refractivity contribution >= 4 is 11.9 Å². The average molecular weight is 305 g/mol. The molecule has 0 aromatic rings. The molecule has 0 aliphatic carbocycles. The maximum atomic E-state index is 11.7. The molecule has 0 spiro atoms. The van der Waals surface area contributed by atoms with E-state index in [1.807, 2.05) is 6.92 Å². The van der Waals surface area contributed by atoms with Crippen molar-refractivity contribution < 1.29 is 34.8 Å². The van der Waals surface area contributed by atoms with Gasteiger partial charge >= 0.3 is 5.97 Å². The third kappa shape index (κ3) is 4.63. The predicted molar refractivity (Wildman–Crippen MR) is 71.4 cm³/mol. The van der Waals surface area contributed by atoms with Gasteiger partial charge < -0.3 is 30.5 Å². The summed E-state index contributed by atoms with van der Waals surface area (Å²) < 4.78 is 5.51. The molecular weight excluding hydrogens is 282 g/mol. The van der Waals surface area contributed by atoms with Gasteiger partial charge in [0.05, 0.1) is 37.9 Å². The van der Waals surface area contributed by atoms with E-state index in [1.165, 1.54) is 0 Å². The average Bonchev–Trinajstić information content (AvgIpc) is 2.46. The zero-order valence-electron chi connectivity index (χ0n) is 11.9. The smallest absolute Gasteiger partial charge is 0.303 e. The minimum Gasteiger partial charge on any atom is -0.481 e. The van der Waals surface area contributed by atoms with Crippen molar-refractivity contribution in [3.63, 3.8) is 0 Å². The van der Waals surface area contributed by atoms with Crippen molar-refractivity contribution in [2.75, 3.05) is 13.2 Å². The van der Waals surface area contributed by atoms with Crippen LogP contribution in [0.15, 0.2) is 0 Å². The Bertz CT molecular complexity index is 362. The van der Waals surface area contributed by atoms with Crippen LogP contribution in [0.2, 0.25) is 0 Å². The third-order valence-corrected chi connectivity index (χ3v) is 3.76. The largest absolute Gasteiger partial charge is 0.481 e. The van der Waals surface area contributed by atoms with E-state index in [0.717, 1.165) is 0 Å². The predicted octanol–water partition coefficient (Wildman–Crippen LogP) is -1.52. The number of hydrogen-bond donors (Lipinski definition) is 5. The molecule has 1 fully saturated rings. The lowest BCUT2D eigenvalue weighted by molar-refractivity contribution is -0.180. The summed E-state index contributed by atoms with van der Waals surface area (Å²) in [6.45, 7) is 1.11. The Hall–Kier alpha value is -1.22.